The Labute approximate surface area is 113 Å². The highest BCUT2D eigenvalue weighted by molar-refractivity contribution is 5.40. The van der Waals surface area contributed by atoms with E-state index in [0.717, 1.165) is 11.3 Å². The first-order valence-corrected chi connectivity index (χ1v) is 6.20. The molecule has 0 saturated carbocycles. The van der Waals surface area contributed by atoms with Crippen molar-refractivity contribution in [2.45, 2.75) is 32.8 Å². The fourth-order valence-electron chi connectivity index (χ4n) is 1.80. The second-order valence-corrected chi connectivity index (χ2v) is 5.35. The van der Waals surface area contributed by atoms with Gasteiger partial charge in [0.1, 0.15) is 5.75 Å². The highest BCUT2D eigenvalue weighted by Gasteiger charge is 2.19. The van der Waals surface area contributed by atoms with Gasteiger partial charge in [-0.05, 0) is 11.5 Å². The number of para-hydroxylation sites is 1. The van der Waals surface area contributed by atoms with Crippen LogP contribution in [0.1, 0.15) is 32.0 Å². The molecular formula is C15H18N2O2. The molecule has 0 atom stereocenters. The van der Waals surface area contributed by atoms with Crippen LogP contribution in [0.25, 0.3) is 0 Å². The Balaban J connectivity index is 2.33. The number of hydrogen-bond acceptors (Lipinski definition) is 4. The van der Waals surface area contributed by atoms with Crippen molar-refractivity contribution in [3.05, 3.63) is 47.9 Å². The highest BCUT2D eigenvalue weighted by Crippen LogP contribution is 2.33. The summed E-state index contributed by atoms with van der Waals surface area (Å²) in [5.41, 5.74) is 1.58. The minimum atomic E-state index is -0.148. The van der Waals surface area contributed by atoms with Gasteiger partial charge in [-0.3, -0.25) is 4.98 Å². The summed E-state index contributed by atoms with van der Waals surface area (Å²) in [7, 11) is 0. The number of aliphatic hydroxyl groups is 1. The molecule has 1 heterocycles. The van der Waals surface area contributed by atoms with Crippen LogP contribution in [-0.2, 0) is 12.0 Å². The molecule has 0 saturated heterocycles. The molecule has 0 spiro atoms. The van der Waals surface area contributed by atoms with Gasteiger partial charge < -0.3 is 9.84 Å². The summed E-state index contributed by atoms with van der Waals surface area (Å²) < 4.78 is 5.79. The molecule has 1 N–H and O–H groups in total. The molecule has 0 bridgehead atoms. The molecule has 0 aliphatic carbocycles. The van der Waals surface area contributed by atoms with Crippen molar-refractivity contribution in [1.29, 1.82) is 0 Å². The Kier molecular flexibility index (Phi) is 3.81. The molecule has 1 aromatic heterocycles. The van der Waals surface area contributed by atoms with E-state index in [0.29, 0.717) is 11.6 Å². The van der Waals surface area contributed by atoms with Crippen LogP contribution in [0.4, 0.5) is 0 Å². The first kappa shape index (κ1) is 13.5. The number of hydrogen-bond donors (Lipinski definition) is 1. The van der Waals surface area contributed by atoms with Gasteiger partial charge in [-0.1, -0.05) is 39.0 Å². The van der Waals surface area contributed by atoms with Gasteiger partial charge >= 0.3 is 0 Å². The fourth-order valence-corrected chi connectivity index (χ4v) is 1.80. The monoisotopic (exact) mass is 258 g/mol. The molecule has 0 fully saturated rings. The molecule has 2 rings (SSSR count). The van der Waals surface area contributed by atoms with Gasteiger partial charge in [-0.15, -0.1) is 0 Å². The number of rotatable bonds is 3. The van der Waals surface area contributed by atoms with E-state index >= 15 is 0 Å². The summed E-state index contributed by atoms with van der Waals surface area (Å²) in [6.07, 6.45) is 3.06. The molecule has 0 aliphatic heterocycles. The summed E-state index contributed by atoms with van der Waals surface area (Å²) >= 11 is 0. The number of nitrogens with zero attached hydrogens (tertiary/aromatic N) is 2. The van der Waals surface area contributed by atoms with E-state index in [1.165, 1.54) is 6.20 Å². The van der Waals surface area contributed by atoms with Crippen molar-refractivity contribution in [2.24, 2.45) is 0 Å². The quantitative estimate of drug-likeness (QED) is 0.919. The Morgan fingerprint density at radius 2 is 1.89 bits per heavy atom. The highest BCUT2D eigenvalue weighted by atomic mass is 16.5. The molecule has 19 heavy (non-hydrogen) atoms. The molecule has 0 unspecified atom stereocenters. The molecule has 4 heteroatoms. The van der Waals surface area contributed by atoms with Crippen LogP contribution in [0, 0.1) is 0 Å². The van der Waals surface area contributed by atoms with Crippen LogP contribution >= 0.6 is 0 Å². The molecule has 1 aromatic carbocycles. The number of aromatic nitrogens is 2. The lowest BCUT2D eigenvalue weighted by atomic mass is 9.86. The topological polar surface area (TPSA) is 55.2 Å². The second kappa shape index (κ2) is 5.36. The minimum absolute atomic E-state index is 0.0153. The average molecular weight is 258 g/mol. The van der Waals surface area contributed by atoms with Crippen molar-refractivity contribution in [1.82, 2.24) is 9.97 Å². The lowest BCUT2D eigenvalue weighted by molar-refractivity contribution is 0.274. The largest absolute Gasteiger partial charge is 0.437 e. The van der Waals surface area contributed by atoms with Gasteiger partial charge in [0.2, 0.25) is 5.88 Å². The zero-order chi connectivity index (χ0) is 13.9. The van der Waals surface area contributed by atoms with Gasteiger partial charge in [0, 0.05) is 5.56 Å². The first-order valence-electron chi connectivity index (χ1n) is 6.20. The standard InChI is InChI=1S/C15H18N2O2/c1-15(2,3)12-6-4-5-7-13(12)19-14-9-16-8-11(10-18)17-14/h4-9,18H,10H2,1-3H3. The fraction of sp³-hybridized carbons (Fsp3) is 0.333. The Hall–Kier alpha value is -1.94. The van der Waals surface area contributed by atoms with E-state index in [2.05, 4.69) is 30.7 Å². The van der Waals surface area contributed by atoms with Crippen LogP contribution in [0.3, 0.4) is 0 Å². The SMILES string of the molecule is CC(C)(C)c1ccccc1Oc1cncc(CO)n1. The normalized spacial score (nSPS) is 11.4. The van der Waals surface area contributed by atoms with E-state index in [9.17, 15) is 0 Å². The molecule has 2 aromatic rings. The maximum atomic E-state index is 9.05. The van der Waals surface area contributed by atoms with Crippen LogP contribution in [0.2, 0.25) is 0 Å². The maximum Gasteiger partial charge on any atom is 0.238 e. The first-order chi connectivity index (χ1) is 9.00. The Morgan fingerprint density at radius 3 is 2.58 bits per heavy atom. The van der Waals surface area contributed by atoms with E-state index in [1.807, 2.05) is 24.3 Å². The third-order valence-electron chi connectivity index (χ3n) is 2.73. The molecular weight excluding hydrogens is 240 g/mol. The van der Waals surface area contributed by atoms with Crippen molar-refractivity contribution in [3.8, 4) is 11.6 Å². The Morgan fingerprint density at radius 1 is 1.16 bits per heavy atom. The van der Waals surface area contributed by atoms with Gasteiger partial charge in [-0.25, -0.2) is 4.98 Å². The van der Waals surface area contributed by atoms with E-state index in [1.54, 1.807) is 6.20 Å². The number of ether oxygens (including phenoxy) is 1. The number of benzene rings is 1. The van der Waals surface area contributed by atoms with Gasteiger partial charge in [-0.2, -0.15) is 0 Å². The van der Waals surface area contributed by atoms with E-state index < -0.39 is 0 Å². The summed E-state index contributed by atoms with van der Waals surface area (Å²) in [6.45, 7) is 6.24. The van der Waals surface area contributed by atoms with E-state index in [-0.39, 0.29) is 12.0 Å². The average Bonchev–Trinajstić information content (AvgIpc) is 2.38. The molecule has 100 valence electrons. The van der Waals surface area contributed by atoms with Crippen LogP contribution in [-0.4, -0.2) is 15.1 Å². The smallest absolute Gasteiger partial charge is 0.238 e. The van der Waals surface area contributed by atoms with Crippen molar-refractivity contribution in [3.63, 3.8) is 0 Å². The maximum absolute atomic E-state index is 9.05. The summed E-state index contributed by atoms with van der Waals surface area (Å²) in [5, 5.41) is 9.05. The zero-order valence-corrected chi connectivity index (χ0v) is 11.4. The summed E-state index contributed by atoms with van der Waals surface area (Å²) in [4.78, 5) is 8.17. The summed E-state index contributed by atoms with van der Waals surface area (Å²) in [6, 6.07) is 7.86. The molecule has 0 amide bonds. The van der Waals surface area contributed by atoms with E-state index in [4.69, 9.17) is 9.84 Å². The number of aliphatic hydroxyl groups excluding tert-OH is 1. The lowest BCUT2D eigenvalue weighted by Gasteiger charge is -2.22. The third kappa shape index (κ3) is 3.29. The zero-order valence-electron chi connectivity index (χ0n) is 11.4. The molecule has 0 aliphatic rings. The van der Waals surface area contributed by atoms with Crippen molar-refractivity contribution >= 4 is 0 Å². The summed E-state index contributed by atoms with van der Waals surface area (Å²) in [5.74, 6) is 1.16. The second-order valence-electron chi connectivity index (χ2n) is 5.35. The van der Waals surface area contributed by atoms with Gasteiger partial charge in [0.05, 0.1) is 24.7 Å². The van der Waals surface area contributed by atoms with Gasteiger partial charge in [0.25, 0.3) is 0 Å². The molecule has 4 nitrogen and oxygen atoms in total. The van der Waals surface area contributed by atoms with Crippen LogP contribution in [0.15, 0.2) is 36.7 Å². The van der Waals surface area contributed by atoms with Crippen molar-refractivity contribution < 1.29 is 9.84 Å². The van der Waals surface area contributed by atoms with Crippen molar-refractivity contribution in [2.75, 3.05) is 0 Å². The Bertz CT molecular complexity index is 562. The van der Waals surface area contributed by atoms with Crippen LogP contribution < -0.4 is 4.74 Å². The third-order valence-corrected chi connectivity index (χ3v) is 2.73. The predicted octanol–water partition coefficient (Wildman–Crippen LogP) is 3.06. The lowest BCUT2D eigenvalue weighted by Crippen LogP contribution is -2.12. The van der Waals surface area contributed by atoms with Crippen LogP contribution in [0.5, 0.6) is 11.6 Å². The molecule has 0 radical (unpaired) electrons. The predicted molar refractivity (Wildman–Crippen MR) is 73.2 cm³/mol. The van der Waals surface area contributed by atoms with Gasteiger partial charge in [0.15, 0.2) is 0 Å². The minimum Gasteiger partial charge on any atom is -0.437 e.